The lowest BCUT2D eigenvalue weighted by Gasteiger charge is -2.09. The van der Waals surface area contributed by atoms with Crippen molar-refractivity contribution in [3.63, 3.8) is 0 Å². The first kappa shape index (κ1) is 17.2. The van der Waals surface area contributed by atoms with Crippen molar-refractivity contribution in [2.45, 2.75) is 4.90 Å². The average molecular weight is 373 g/mol. The summed E-state index contributed by atoms with van der Waals surface area (Å²) in [6.45, 7) is 0. The lowest BCUT2D eigenvalue weighted by atomic mass is 10.0. The SMILES string of the molecule is COC(=O)c1c(-c2ccccc2)csc1NS(=O)(=O)c1ccccc1. The average Bonchev–Trinajstić information content (AvgIpc) is 3.05. The Morgan fingerprint density at radius 1 is 1.00 bits per heavy atom. The Morgan fingerprint density at radius 3 is 2.20 bits per heavy atom. The predicted molar refractivity (Wildman–Crippen MR) is 98.3 cm³/mol. The molecule has 1 aromatic heterocycles. The van der Waals surface area contributed by atoms with Gasteiger partial charge in [0.25, 0.3) is 10.0 Å². The lowest BCUT2D eigenvalue weighted by molar-refractivity contribution is 0.0603. The molecule has 0 atom stereocenters. The maximum atomic E-state index is 12.6. The predicted octanol–water partition coefficient (Wildman–Crippen LogP) is 4.00. The number of hydrogen-bond acceptors (Lipinski definition) is 5. The van der Waals surface area contributed by atoms with Gasteiger partial charge in [0.05, 0.1) is 12.0 Å². The molecule has 0 radical (unpaired) electrons. The van der Waals surface area contributed by atoms with Crippen LogP contribution in [0.4, 0.5) is 5.00 Å². The molecule has 2 aromatic carbocycles. The molecule has 7 heteroatoms. The number of sulfonamides is 1. The van der Waals surface area contributed by atoms with Crippen molar-refractivity contribution in [1.82, 2.24) is 0 Å². The molecule has 0 aliphatic rings. The van der Waals surface area contributed by atoms with E-state index in [0.29, 0.717) is 5.56 Å². The summed E-state index contributed by atoms with van der Waals surface area (Å²) >= 11 is 1.15. The molecule has 0 spiro atoms. The van der Waals surface area contributed by atoms with E-state index in [1.54, 1.807) is 23.6 Å². The van der Waals surface area contributed by atoms with E-state index >= 15 is 0 Å². The van der Waals surface area contributed by atoms with Gasteiger partial charge in [0.1, 0.15) is 10.6 Å². The molecule has 128 valence electrons. The Bertz CT molecular complexity index is 980. The van der Waals surface area contributed by atoms with Crippen molar-refractivity contribution in [1.29, 1.82) is 0 Å². The summed E-state index contributed by atoms with van der Waals surface area (Å²) < 4.78 is 32.5. The van der Waals surface area contributed by atoms with Gasteiger partial charge in [0.2, 0.25) is 0 Å². The second kappa shape index (κ2) is 7.08. The summed E-state index contributed by atoms with van der Waals surface area (Å²) in [6.07, 6.45) is 0. The van der Waals surface area contributed by atoms with Crippen LogP contribution < -0.4 is 4.72 Å². The van der Waals surface area contributed by atoms with Gasteiger partial charge in [-0.05, 0) is 17.7 Å². The Morgan fingerprint density at radius 2 is 1.60 bits per heavy atom. The lowest BCUT2D eigenvalue weighted by Crippen LogP contribution is -2.14. The smallest absolute Gasteiger partial charge is 0.341 e. The number of benzene rings is 2. The van der Waals surface area contributed by atoms with E-state index in [1.165, 1.54) is 19.2 Å². The number of anilines is 1. The van der Waals surface area contributed by atoms with Gasteiger partial charge in [-0.2, -0.15) is 0 Å². The summed E-state index contributed by atoms with van der Waals surface area (Å²) in [7, 11) is -2.53. The second-order valence-electron chi connectivity index (χ2n) is 5.13. The fraction of sp³-hybridized carbons (Fsp3) is 0.0556. The standard InChI is InChI=1S/C18H15NO4S2/c1-23-18(20)16-15(13-8-4-2-5-9-13)12-24-17(16)19-25(21,22)14-10-6-3-7-11-14/h2-12,19H,1H3. The Balaban J connectivity index is 2.06. The topological polar surface area (TPSA) is 72.5 Å². The number of rotatable bonds is 5. The van der Waals surface area contributed by atoms with Crippen molar-refractivity contribution in [2.24, 2.45) is 0 Å². The van der Waals surface area contributed by atoms with Crippen LogP contribution in [0.5, 0.6) is 0 Å². The van der Waals surface area contributed by atoms with E-state index in [-0.39, 0.29) is 15.5 Å². The van der Waals surface area contributed by atoms with Crippen molar-refractivity contribution in [3.05, 3.63) is 71.6 Å². The first-order valence-corrected chi connectivity index (χ1v) is 9.72. The van der Waals surface area contributed by atoms with Crippen LogP contribution in [0.25, 0.3) is 11.1 Å². The number of methoxy groups -OCH3 is 1. The molecule has 0 unspecified atom stereocenters. The van der Waals surface area contributed by atoms with E-state index in [2.05, 4.69) is 4.72 Å². The Kier molecular flexibility index (Phi) is 4.87. The third-order valence-electron chi connectivity index (χ3n) is 3.55. The van der Waals surface area contributed by atoms with Gasteiger partial charge < -0.3 is 4.74 Å². The molecule has 0 aliphatic carbocycles. The van der Waals surface area contributed by atoms with Gasteiger partial charge in [0, 0.05) is 10.9 Å². The molecule has 1 N–H and O–H groups in total. The highest BCUT2D eigenvalue weighted by molar-refractivity contribution is 7.93. The number of esters is 1. The summed E-state index contributed by atoms with van der Waals surface area (Å²) in [5.41, 5.74) is 1.64. The molecule has 25 heavy (non-hydrogen) atoms. The normalized spacial score (nSPS) is 11.1. The first-order valence-electron chi connectivity index (χ1n) is 7.36. The minimum absolute atomic E-state index is 0.125. The van der Waals surface area contributed by atoms with E-state index in [0.717, 1.165) is 16.9 Å². The van der Waals surface area contributed by atoms with Crippen molar-refractivity contribution < 1.29 is 17.9 Å². The first-order chi connectivity index (χ1) is 12.0. The zero-order valence-corrected chi connectivity index (χ0v) is 14.9. The minimum atomic E-state index is -3.79. The molecule has 0 bridgehead atoms. The van der Waals surface area contributed by atoms with Crippen LogP contribution in [0, 0.1) is 0 Å². The van der Waals surface area contributed by atoms with E-state index in [9.17, 15) is 13.2 Å². The van der Waals surface area contributed by atoms with E-state index in [4.69, 9.17) is 4.74 Å². The molecular weight excluding hydrogens is 358 g/mol. The van der Waals surface area contributed by atoms with Gasteiger partial charge in [-0.3, -0.25) is 4.72 Å². The Hall–Kier alpha value is -2.64. The second-order valence-corrected chi connectivity index (χ2v) is 7.69. The summed E-state index contributed by atoms with van der Waals surface area (Å²) in [6, 6.07) is 17.3. The van der Waals surface area contributed by atoms with Gasteiger partial charge >= 0.3 is 5.97 Å². The van der Waals surface area contributed by atoms with Crippen LogP contribution in [0.3, 0.4) is 0 Å². The Labute approximate surface area is 150 Å². The van der Waals surface area contributed by atoms with Crippen LogP contribution in [0.1, 0.15) is 10.4 Å². The van der Waals surface area contributed by atoms with Gasteiger partial charge in [-0.1, -0.05) is 48.5 Å². The van der Waals surface area contributed by atoms with Gasteiger partial charge in [-0.15, -0.1) is 11.3 Å². The molecule has 5 nitrogen and oxygen atoms in total. The third kappa shape index (κ3) is 3.57. The van der Waals surface area contributed by atoms with E-state index in [1.807, 2.05) is 30.3 Å². The molecule has 0 amide bonds. The quantitative estimate of drug-likeness (QED) is 0.686. The maximum Gasteiger partial charge on any atom is 0.341 e. The van der Waals surface area contributed by atoms with Crippen molar-refractivity contribution >= 4 is 32.3 Å². The van der Waals surface area contributed by atoms with Crippen molar-refractivity contribution in [2.75, 3.05) is 11.8 Å². The highest BCUT2D eigenvalue weighted by Gasteiger charge is 2.24. The number of carbonyl (C=O) groups excluding carboxylic acids is 1. The fourth-order valence-electron chi connectivity index (χ4n) is 2.35. The molecular formula is C18H15NO4S2. The fourth-order valence-corrected chi connectivity index (χ4v) is 4.65. The summed E-state index contributed by atoms with van der Waals surface area (Å²) in [5, 5.41) is 1.97. The number of nitrogens with one attached hydrogen (secondary N) is 1. The van der Waals surface area contributed by atoms with Gasteiger partial charge in [0.15, 0.2) is 0 Å². The number of hydrogen-bond donors (Lipinski definition) is 1. The molecule has 3 aromatic rings. The minimum Gasteiger partial charge on any atom is -0.465 e. The van der Waals surface area contributed by atoms with Crippen LogP contribution >= 0.6 is 11.3 Å². The monoisotopic (exact) mass is 373 g/mol. The number of ether oxygens (including phenoxy) is 1. The van der Waals surface area contributed by atoms with Crippen LogP contribution in [0.15, 0.2) is 70.9 Å². The van der Waals surface area contributed by atoms with Crippen molar-refractivity contribution in [3.8, 4) is 11.1 Å². The largest absolute Gasteiger partial charge is 0.465 e. The zero-order chi connectivity index (χ0) is 17.9. The molecule has 3 rings (SSSR count). The van der Waals surface area contributed by atoms with Crippen LogP contribution in [-0.2, 0) is 14.8 Å². The number of thiophene rings is 1. The molecule has 0 fully saturated rings. The third-order valence-corrected chi connectivity index (χ3v) is 5.94. The molecule has 0 saturated carbocycles. The van der Waals surface area contributed by atoms with Crippen LogP contribution in [0.2, 0.25) is 0 Å². The molecule has 1 heterocycles. The van der Waals surface area contributed by atoms with Crippen LogP contribution in [-0.4, -0.2) is 21.5 Å². The summed E-state index contributed by atoms with van der Waals surface area (Å²) in [5.74, 6) is -0.592. The molecule has 0 aliphatic heterocycles. The number of carbonyl (C=O) groups is 1. The highest BCUT2D eigenvalue weighted by Crippen LogP contribution is 2.37. The molecule has 0 saturated heterocycles. The maximum absolute atomic E-state index is 12.6. The summed E-state index contributed by atoms with van der Waals surface area (Å²) in [4.78, 5) is 12.4. The van der Waals surface area contributed by atoms with Gasteiger partial charge in [-0.25, -0.2) is 13.2 Å². The zero-order valence-electron chi connectivity index (χ0n) is 13.3. The highest BCUT2D eigenvalue weighted by atomic mass is 32.2. The van der Waals surface area contributed by atoms with E-state index < -0.39 is 16.0 Å².